The molecule has 0 spiro atoms. The maximum atomic E-state index is 11.7. The van der Waals surface area contributed by atoms with Gasteiger partial charge in [0.1, 0.15) is 0 Å². The Bertz CT molecular complexity index is 361. The van der Waals surface area contributed by atoms with Crippen LogP contribution in [-0.2, 0) is 0 Å². The molecule has 0 aromatic carbocycles. The van der Waals surface area contributed by atoms with Crippen molar-refractivity contribution < 1.29 is 9.90 Å². The third-order valence-corrected chi connectivity index (χ3v) is 3.34. The number of carbonyl (C=O) groups is 1. The molecule has 1 aromatic rings. The first-order valence-corrected chi connectivity index (χ1v) is 6.13. The molecule has 4 heteroatoms. The molecule has 0 aliphatic heterocycles. The molecule has 1 aliphatic carbocycles. The van der Waals surface area contributed by atoms with Crippen LogP contribution in [0.5, 0.6) is 0 Å². The number of hydrogen-bond donors (Lipinski definition) is 2. The SMILES string of the molecule is O=C(NCC(O)C1CCCC1)c1cccnc1. The van der Waals surface area contributed by atoms with Crippen molar-refractivity contribution in [1.29, 1.82) is 0 Å². The average molecular weight is 234 g/mol. The van der Waals surface area contributed by atoms with Crippen molar-refractivity contribution in [1.82, 2.24) is 10.3 Å². The molecule has 1 amide bonds. The second-order valence-electron chi connectivity index (χ2n) is 4.56. The summed E-state index contributed by atoms with van der Waals surface area (Å²) in [7, 11) is 0. The van der Waals surface area contributed by atoms with E-state index in [1.807, 2.05) is 0 Å². The lowest BCUT2D eigenvalue weighted by Gasteiger charge is -2.17. The van der Waals surface area contributed by atoms with Gasteiger partial charge in [0.05, 0.1) is 11.7 Å². The van der Waals surface area contributed by atoms with Crippen molar-refractivity contribution in [3.63, 3.8) is 0 Å². The molecule has 1 aromatic heterocycles. The fourth-order valence-electron chi connectivity index (χ4n) is 2.31. The summed E-state index contributed by atoms with van der Waals surface area (Å²) >= 11 is 0. The number of rotatable bonds is 4. The van der Waals surface area contributed by atoms with E-state index in [4.69, 9.17) is 0 Å². The number of amides is 1. The summed E-state index contributed by atoms with van der Waals surface area (Å²) in [6.07, 6.45) is 7.27. The molecule has 1 fully saturated rings. The van der Waals surface area contributed by atoms with E-state index in [2.05, 4.69) is 10.3 Å². The van der Waals surface area contributed by atoms with E-state index in [0.29, 0.717) is 18.0 Å². The van der Waals surface area contributed by atoms with Crippen molar-refractivity contribution in [3.05, 3.63) is 30.1 Å². The van der Waals surface area contributed by atoms with Crippen molar-refractivity contribution >= 4 is 5.91 Å². The summed E-state index contributed by atoms with van der Waals surface area (Å²) in [5, 5.41) is 12.7. The Morgan fingerprint density at radius 1 is 1.53 bits per heavy atom. The Hall–Kier alpha value is -1.42. The standard InChI is InChI=1S/C13H18N2O2/c16-12(10-4-1-2-5-10)9-15-13(17)11-6-3-7-14-8-11/h3,6-8,10,12,16H,1-2,4-5,9H2,(H,15,17). The Morgan fingerprint density at radius 2 is 2.29 bits per heavy atom. The minimum absolute atomic E-state index is 0.171. The zero-order valence-electron chi connectivity index (χ0n) is 9.80. The summed E-state index contributed by atoms with van der Waals surface area (Å²) in [5.41, 5.74) is 0.533. The van der Waals surface area contributed by atoms with Crippen LogP contribution in [0, 0.1) is 5.92 Å². The molecule has 0 radical (unpaired) electrons. The lowest BCUT2D eigenvalue weighted by molar-refractivity contribution is 0.0840. The number of aliphatic hydroxyl groups excluding tert-OH is 1. The molecule has 4 nitrogen and oxygen atoms in total. The van der Waals surface area contributed by atoms with Crippen molar-refractivity contribution in [2.75, 3.05) is 6.54 Å². The van der Waals surface area contributed by atoms with Gasteiger partial charge in [0.2, 0.25) is 0 Å². The normalized spacial score (nSPS) is 17.9. The minimum atomic E-state index is -0.418. The van der Waals surface area contributed by atoms with Gasteiger partial charge in [-0.3, -0.25) is 9.78 Å². The summed E-state index contributed by atoms with van der Waals surface area (Å²) in [4.78, 5) is 15.6. The lowest BCUT2D eigenvalue weighted by Crippen LogP contribution is -2.35. The topological polar surface area (TPSA) is 62.2 Å². The van der Waals surface area contributed by atoms with Gasteiger partial charge in [-0.1, -0.05) is 12.8 Å². The molecule has 1 aliphatic rings. The molecule has 2 N–H and O–H groups in total. The van der Waals surface area contributed by atoms with Gasteiger partial charge in [-0.25, -0.2) is 0 Å². The fourth-order valence-corrected chi connectivity index (χ4v) is 2.31. The summed E-state index contributed by atoms with van der Waals surface area (Å²) in [6.45, 7) is 0.332. The van der Waals surface area contributed by atoms with Crippen LogP contribution in [0.4, 0.5) is 0 Å². The summed E-state index contributed by atoms with van der Waals surface area (Å²) in [5.74, 6) is 0.180. The third-order valence-electron chi connectivity index (χ3n) is 3.34. The first-order chi connectivity index (χ1) is 8.27. The summed E-state index contributed by atoms with van der Waals surface area (Å²) in [6, 6.07) is 3.44. The van der Waals surface area contributed by atoms with Gasteiger partial charge in [-0.15, -0.1) is 0 Å². The second kappa shape index (κ2) is 5.77. The van der Waals surface area contributed by atoms with E-state index in [9.17, 15) is 9.90 Å². The van der Waals surface area contributed by atoms with Crippen molar-refractivity contribution in [3.8, 4) is 0 Å². The smallest absolute Gasteiger partial charge is 0.252 e. The highest BCUT2D eigenvalue weighted by atomic mass is 16.3. The van der Waals surface area contributed by atoms with E-state index < -0.39 is 6.10 Å². The number of aliphatic hydroxyl groups is 1. The maximum absolute atomic E-state index is 11.7. The highest BCUT2D eigenvalue weighted by Crippen LogP contribution is 2.27. The largest absolute Gasteiger partial charge is 0.391 e. The number of aromatic nitrogens is 1. The fraction of sp³-hybridized carbons (Fsp3) is 0.538. The second-order valence-corrected chi connectivity index (χ2v) is 4.56. The quantitative estimate of drug-likeness (QED) is 0.827. The summed E-state index contributed by atoms with van der Waals surface area (Å²) < 4.78 is 0. The molecule has 0 bridgehead atoms. The van der Waals surface area contributed by atoms with E-state index in [-0.39, 0.29) is 5.91 Å². The van der Waals surface area contributed by atoms with Gasteiger partial charge in [-0.2, -0.15) is 0 Å². The van der Waals surface area contributed by atoms with Crippen LogP contribution in [-0.4, -0.2) is 28.6 Å². The molecule has 2 rings (SSSR count). The number of nitrogens with zero attached hydrogens (tertiary/aromatic N) is 1. The van der Waals surface area contributed by atoms with Crippen LogP contribution in [0.1, 0.15) is 36.0 Å². The predicted octanol–water partition coefficient (Wildman–Crippen LogP) is 1.36. The molecule has 17 heavy (non-hydrogen) atoms. The first kappa shape index (κ1) is 12.0. The van der Waals surface area contributed by atoms with Crippen LogP contribution in [0.3, 0.4) is 0 Å². The van der Waals surface area contributed by atoms with Crippen LogP contribution in [0.2, 0.25) is 0 Å². The number of hydrogen-bond acceptors (Lipinski definition) is 3. The van der Waals surface area contributed by atoms with E-state index in [1.165, 1.54) is 19.0 Å². The zero-order valence-corrected chi connectivity index (χ0v) is 9.80. The number of carbonyl (C=O) groups excluding carboxylic acids is 1. The molecule has 1 atom stereocenters. The predicted molar refractivity (Wildman–Crippen MR) is 64.5 cm³/mol. The van der Waals surface area contributed by atoms with Crippen LogP contribution in [0.15, 0.2) is 24.5 Å². The molecular weight excluding hydrogens is 216 g/mol. The van der Waals surface area contributed by atoms with E-state index >= 15 is 0 Å². The average Bonchev–Trinajstić information content (AvgIpc) is 2.90. The Morgan fingerprint density at radius 3 is 2.94 bits per heavy atom. The highest BCUT2D eigenvalue weighted by molar-refractivity contribution is 5.93. The van der Waals surface area contributed by atoms with E-state index in [1.54, 1.807) is 18.3 Å². The number of pyridine rings is 1. The third kappa shape index (κ3) is 3.27. The van der Waals surface area contributed by atoms with Gasteiger partial charge < -0.3 is 10.4 Å². The van der Waals surface area contributed by atoms with Crippen LogP contribution < -0.4 is 5.32 Å². The molecule has 1 heterocycles. The molecular formula is C13H18N2O2. The lowest BCUT2D eigenvalue weighted by atomic mass is 10.0. The van der Waals surface area contributed by atoms with Crippen molar-refractivity contribution in [2.45, 2.75) is 31.8 Å². The first-order valence-electron chi connectivity index (χ1n) is 6.13. The monoisotopic (exact) mass is 234 g/mol. The van der Waals surface area contributed by atoms with Gasteiger partial charge in [-0.05, 0) is 30.9 Å². The van der Waals surface area contributed by atoms with E-state index in [0.717, 1.165) is 12.8 Å². The van der Waals surface area contributed by atoms with Gasteiger partial charge in [0, 0.05) is 18.9 Å². The highest BCUT2D eigenvalue weighted by Gasteiger charge is 2.23. The molecule has 1 unspecified atom stereocenters. The Balaban J connectivity index is 1.80. The van der Waals surface area contributed by atoms with Crippen LogP contribution in [0.25, 0.3) is 0 Å². The molecule has 0 saturated heterocycles. The maximum Gasteiger partial charge on any atom is 0.252 e. The van der Waals surface area contributed by atoms with Crippen LogP contribution >= 0.6 is 0 Å². The van der Waals surface area contributed by atoms with Gasteiger partial charge in [0.25, 0.3) is 5.91 Å². The van der Waals surface area contributed by atoms with Gasteiger partial charge in [0.15, 0.2) is 0 Å². The minimum Gasteiger partial charge on any atom is -0.391 e. The zero-order chi connectivity index (χ0) is 12.1. The van der Waals surface area contributed by atoms with Gasteiger partial charge >= 0.3 is 0 Å². The van der Waals surface area contributed by atoms with Crippen molar-refractivity contribution in [2.24, 2.45) is 5.92 Å². The molecule has 92 valence electrons. The Labute approximate surface area is 101 Å². The Kier molecular flexibility index (Phi) is 4.09. The number of nitrogens with one attached hydrogen (secondary N) is 1. The molecule has 1 saturated carbocycles.